The lowest BCUT2D eigenvalue weighted by Crippen LogP contribution is -2.22. The Kier molecular flexibility index (Phi) is 10.1. The van der Waals surface area contributed by atoms with E-state index in [1.54, 1.807) is 0 Å². The van der Waals surface area contributed by atoms with Gasteiger partial charge in [0.2, 0.25) is 0 Å². The van der Waals surface area contributed by atoms with Crippen molar-refractivity contribution in [2.75, 3.05) is 13.2 Å². The molecule has 0 aliphatic carbocycles. The van der Waals surface area contributed by atoms with E-state index in [9.17, 15) is 0 Å². The van der Waals surface area contributed by atoms with Crippen LogP contribution in [0.1, 0.15) is 0 Å². The van der Waals surface area contributed by atoms with Crippen molar-refractivity contribution in [2.45, 2.75) is 64.8 Å². The van der Waals surface area contributed by atoms with Gasteiger partial charge in [0.1, 0.15) is 31.9 Å². The molecule has 0 aliphatic heterocycles. The molecule has 0 unspecified atom stereocenters. The molecule has 2 rings (SSSR count). The Morgan fingerprint density at radius 3 is 1.30 bits per heavy atom. The molecule has 0 radical (unpaired) electrons. The van der Waals surface area contributed by atoms with E-state index in [1.807, 2.05) is 9.13 Å². The molecule has 0 spiro atoms. The predicted octanol–water partition coefficient (Wildman–Crippen LogP) is 7.42. The van der Waals surface area contributed by atoms with Crippen LogP contribution >= 0.6 is 63.7 Å². The second-order valence-electron chi connectivity index (χ2n) is 9.59. The topological polar surface area (TPSA) is 54.1 Å². The van der Waals surface area contributed by atoms with Gasteiger partial charge in [-0.25, -0.2) is 9.97 Å². The Morgan fingerprint density at radius 2 is 1.00 bits per heavy atom. The molecule has 2 aromatic rings. The first-order valence-corrected chi connectivity index (χ1v) is 20.4. The average Bonchev–Trinajstić information content (AvgIpc) is 3.04. The maximum atomic E-state index is 5.98. The highest BCUT2D eigenvalue weighted by molar-refractivity contribution is 9.13. The van der Waals surface area contributed by atoms with E-state index in [2.05, 4.69) is 113 Å². The fraction of sp³-hybridized carbons (Fsp3) is 0.667. The summed E-state index contributed by atoms with van der Waals surface area (Å²) in [5, 5.41) is 0. The molecule has 12 heteroatoms. The lowest BCUT2D eigenvalue weighted by Gasteiger charge is -2.17. The fourth-order valence-corrected chi connectivity index (χ4v) is 5.45. The van der Waals surface area contributed by atoms with Crippen molar-refractivity contribution in [3.05, 3.63) is 18.4 Å². The zero-order chi connectivity index (χ0) is 22.7. The SMILES string of the molecule is C[Si](C)(C)CCOCn1c(-c2nc(Br)c(Br)n2COCC[Si](C)(C)C)nc(Br)c1Br. The highest BCUT2D eigenvalue weighted by Gasteiger charge is 2.23. The minimum absolute atomic E-state index is 0.400. The summed E-state index contributed by atoms with van der Waals surface area (Å²) in [6.07, 6.45) is 0. The molecule has 0 aliphatic rings. The molecule has 0 saturated carbocycles. The molecule has 6 nitrogen and oxygen atoms in total. The molecule has 0 aromatic carbocycles. The van der Waals surface area contributed by atoms with Crippen LogP contribution in [0.5, 0.6) is 0 Å². The number of nitrogens with zero attached hydrogens (tertiary/aromatic N) is 4. The third kappa shape index (κ3) is 7.93. The van der Waals surface area contributed by atoms with Gasteiger partial charge in [0.05, 0.1) is 0 Å². The van der Waals surface area contributed by atoms with E-state index >= 15 is 0 Å². The summed E-state index contributed by atoms with van der Waals surface area (Å²) in [6, 6.07) is 2.24. The van der Waals surface area contributed by atoms with Crippen LogP contribution in [0.3, 0.4) is 0 Å². The zero-order valence-electron chi connectivity index (χ0n) is 18.4. The third-order valence-corrected chi connectivity index (χ3v) is 11.6. The van der Waals surface area contributed by atoms with E-state index in [1.165, 1.54) is 0 Å². The van der Waals surface area contributed by atoms with Crippen LogP contribution in [0.15, 0.2) is 18.4 Å². The number of aromatic nitrogens is 4. The zero-order valence-corrected chi connectivity index (χ0v) is 26.7. The van der Waals surface area contributed by atoms with Crippen molar-refractivity contribution in [3.63, 3.8) is 0 Å². The number of imidazole rings is 2. The van der Waals surface area contributed by atoms with Crippen molar-refractivity contribution in [3.8, 4) is 11.6 Å². The summed E-state index contributed by atoms with van der Waals surface area (Å²) in [5.41, 5.74) is 0. The molecule has 2 heterocycles. The van der Waals surface area contributed by atoms with Gasteiger partial charge in [-0.15, -0.1) is 0 Å². The van der Waals surface area contributed by atoms with Crippen LogP contribution in [0, 0.1) is 0 Å². The summed E-state index contributed by atoms with van der Waals surface area (Å²) in [4.78, 5) is 9.36. The fourth-order valence-electron chi connectivity index (χ4n) is 2.45. The monoisotopic (exact) mass is 706 g/mol. The summed E-state index contributed by atoms with van der Waals surface area (Å²) in [6.45, 7) is 16.4. The first kappa shape index (κ1) is 26.9. The Morgan fingerprint density at radius 1 is 0.667 bits per heavy atom. The number of rotatable bonds is 11. The largest absolute Gasteiger partial charge is 0.361 e. The number of ether oxygens (including phenoxy) is 2. The smallest absolute Gasteiger partial charge is 0.180 e. The van der Waals surface area contributed by atoms with Crippen LogP contribution in [-0.4, -0.2) is 48.5 Å². The molecule has 0 saturated heterocycles. The maximum absolute atomic E-state index is 5.98. The summed E-state index contributed by atoms with van der Waals surface area (Å²) >= 11 is 14.3. The summed E-state index contributed by atoms with van der Waals surface area (Å²) in [7, 11) is -2.28. The standard InChI is InChI=1S/C18H30Br4N4O2Si2/c1-29(2,3)9-7-27-11-25-15(21)13(19)23-17(25)18-24-14(20)16(22)26(18)12-28-8-10-30(4,5)6/h7-12H2,1-6H3. The van der Waals surface area contributed by atoms with E-state index in [4.69, 9.17) is 9.47 Å². The van der Waals surface area contributed by atoms with Crippen LogP contribution in [0.4, 0.5) is 0 Å². The molecule has 2 aromatic heterocycles. The maximum Gasteiger partial charge on any atom is 0.180 e. The first-order valence-electron chi connectivity index (χ1n) is 9.79. The van der Waals surface area contributed by atoms with Crippen LogP contribution in [0.2, 0.25) is 51.4 Å². The summed E-state index contributed by atoms with van der Waals surface area (Å²) in [5.74, 6) is 1.42. The minimum Gasteiger partial charge on any atom is -0.361 e. The van der Waals surface area contributed by atoms with Crippen molar-refractivity contribution in [2.24, 2.45) is 0 Å². The second kappa shape index (κ2) is 11.2. The van der Waals surface area contributed by atoms with Gasteiger partial charge in [0.25, 0.3) is 0 Å². The second-order valence-corrected chi connectivity index (χ2v) is 23.8. The van der Waals surface area contributed by atoms with Gasteiger partial charge < -0.3 is 9.47 Å². The van der Waals surface area contributed by atoms with Gasteiger partial charge in [-0.05, 0) is 75.8 Å². The Balaban J connectivity index is 2.22. The van der Waals surface area contributed by atoms with Gasteiger partial charge in [-0.2, -0.15) is 0 Å². The normalized spacial score (nSPS) is 12.7. The molecular weight excluding hydrogens is 680 g/mol. The van der Waals surface area contributed by atoms with Crippen molar-refractivity contribution in [1.29, 1.82) is 0 Å². The summed E-state index contributed by atoms with van der Waals surface area (Å²) < 4.78 is 19.0. The first-order chi connectivity index (χ1) is 13.8. The predicted molar refractivity (Wildman–Crippen MR) is 142 cm³/mol. The van der Waals surface area contributed by atoms with Crippen LogP contribution < -0.4 is 0 Å². The molecule has 170 valence electrons. The molecule has 0 N–H and O–H groups in total. The Labute approximate surface area is 215 Å². The number of hydrogen-bond donors (Lipinski definition) is 0. The van der Waals surface area contributed by atoms with Crippen molar-refractivity contribution < 1.29 is 9.47 Å². The van der Waals surface area contributed by atoms with E-state index < -0.39 is 16.1 Å². The number of hydrogen-bond acceptors (Lipinski definition) is 4. The highest BCUT2D eigenvalue weighted by atomic mass is 79.9. The average molecular weight is 710 g/mol. The quantitative estimate of drug-likeness (QED) is 0.180. The lowest BCUT2D eigenvalue weighted by atomic mass is 10.5. The third-order valence-electron chi connectivity index (χ3n) is 4.37. The number of halogens is 4. The van der Waals surface area contributed by atoms with E-state index in [0.29, 0.717) is 34.3 Å². The van der Waals surface area contributed by atoms with Gasteiger partial charge in [0.15, 0.2) is 11.6 Å². The molecule has 0 atom stereocenters. The van der Waals surface area contributed by atoms with Crippen LogP contribution in [-0.2, 0) is 22.9 Å². The minimum atomic E-state index is -1.14. The molecule has 0 fully saturated rings. The van der Waals surface area contributed by atoms with Gasteiger partial charge in [-0.1, -0.05) is 39.3 Å². The van der Waals surface area contributed by atoms with Crippen molar-refractivity contribution in [1.82, 2.24) is 19.1 Å². The van der Waals surface area contributed by atoms with E-state index in [0.717, 1.165) is 34.5 Å². The molecule has 0 bridgehead atoms. The van der Waals surface area contributed by atoms with Gasteiger partial charge in [-0.3, -0.25) is 9.13 Å². The van der Waals surface area contributed by atoms with Gasteiger partial charge >= 0.3 is 0 Å². The highest BCUT2D eigenvalue weighted by Crippen LogP contribution is 2.34. The lowest BCUT2D eigenvalue weighted by molar-refractivity contribution is 0.0830. The Hall–Kier alpha value is 0.694. The van der Waals surface area contributed by atoms with Gasteiger partial charge in [0, 0.05) is 29.4 Å². The molecular formula is C18H30Br4N4O2Si2. The van der Waals surface area contributed by atoms with E-state index in [-0.39, 0.29) is 0 Å². The molecule has 30 heavy (non-hydrogen) atoms. The molecule has 0 amide bonds. The van der Waals surface area contributed by atoms with Crippen molar-refractivity contribution >= 4 is 79.9 Å². The Bertz CT molecular complexity index is 790. The van der Waals surface area contributed by atoms with Crippen LogP contribution in [0.25, 0.3) is 11.6 Å².